The number of ether oxygens (including phenoxy) is 1. The van der Waals surface area contributed by atoms with Crippen LogP contribution in [0.4, 0.5) is 5.69 Å². The third-order valence-electron chi connectivity index (χ3n) is 4.91. The van der Waals surface area contributed by atoms with Crippen LogP contribution in [0, 0.1) is 26.7 Å². The molecule has 1 N–H and O–H groups in total. The van der Waals surface area contributed by atoms with Crippen molar-refractivity contribution < 1.29 is 14.3 Å². The van der Waals surface area contributed by atoms with Crippen molar-refractivity contribution in [3.05, 3.63) is 64.7 Å². The predicted octanol–water partition coefficient (Wildman–Crippen LogP) is 4.92. The first-order chi connectivity index (χ1) is 12.8. The topological polar surface area (TPSA) is 55.4 Å². The molecule has 144 valence electrons. The molecule has 0 heterocycles. The Bertz CT molecular complexity index is 776. The summed E-state index contributed by atoms with van der Waals surface area (Å²) in [6.45, 7) is 9.71. The van der Waals surface area contributed by atoms with Gasteiger partial charge in [0, 0.05) is 5.69 Å². The zero-order valence-electron chi connectivity index (χ0n) is 16.8. The Morgan fingerprint density at radius 1 is 1.04 bits per heavy atom. The van der Waals surface area contributed by atoms with Crippen molar-refractivity contribution in [2.24, 2.45) is 5.92 Å². The van der Waals surface area contributed by atoms with E-state index in [2.05, 4.69) is 5.32 Å². The van der Waals surface area contributed by atoms with Gasteiger partial charge in [0.2, 0.25) is 0 Å². The minimum atomic E-state index is -0.369. The van der Waals surface area contributed by atoms with Crippen LogP contribution in [0.1, 0.15) is 48.4 Å². The minimum absolute atomic E-state index is 0.129. The zero-order valence-corrected chi connectivity index (χ0v) is 16.8. The quantitative estimate of drug-likeness (QED) is 0.707. The summed E-state index contributed by atoms with van der Waals surface area (Å²) < 4.78 is 5.37. The van der Waals surface area contributed by atoms with Gasteiger partial charge in [0.1, 0.15) is 0 Å². The fraction of sp³-hybridized carbons (Fsp3) is 0.391. The van der Waals surface area contributed by atoms with Gasteiger partial charge in [0.25, 0.3) is 5.91 Å². The number of hydrogen-bond acceptors (Lipinski definition) is 3. The van der Waals surface area contributed by atoms with Crippen LogP contribution >= 0.6 is 0 Å². The Hall–Kier alpha value is -2.62. The van der Waals surface area contributed by atoms with Crippen LogP contribution in [-0.2, 0) is 14.3 Å². The van der Waals surface area contributed by atoms with E-state index in [1.54, 1.807) is 0 Å². The van der Waals surface area contributed by atoms with Crippen molar-refractivity contribution in [2.45, 2.75) is 47.0 Å². The first kappa shape index (κ1) is 20.7. The molecule has 0 aliphatic rings. The second kappa shape index (κ2) is 9.36. The lowest BCUT2D eigenvalue weighted by molar-refractivity contribution is -0.150. The Balaban J connectivity index is 2.04. The monoisotopic (exact) mass is 367 g/mol. The molecule has 2 atom stereocenters. The van der Waals surface area contributed by atoms with Gasteiger partial charge in [-0.3, -0.25) is 9.59 Å². The van der Waals surface area contributed by atoms with E-state index < -0.39 is 0 Å². The molecule has 0 spiro atoms. The molecular weight excluding hydrogens is 338 g/mol. The summed E-state index contributed by atoms with van der Waals surface area (Å²) >= 11 is 0. The normalized spacial score (nSPS) is 12.9. The first-order valence-corrected chi connectivity index (χ1v) is 9.42. The molecule has 0 fully saturated rings. The molecule has 4 nitrogen and oxygen atoms in total. The first-order valence-electron chi connectivity index (χ1n) is 9.42. The third-order valence-corrected chi connectivity index (χ3v) is 4.91. The highest BCUT2D eigenvalue weighted by Crippen LogP contribution is 2.28. The number of hydrogen-bond donors (Lipinski definition) is 1. The SMILES string of the molecule is CC[C@@H](C)[C@@H](C(=O)OCC(=O)Nc1c(C)cc(C)cc1C)c1ccccc1. The Morgan fingerprint density at radius 3 is 2.19 bits per heavy atom. The summed E-state index contributed by atoms with van der Waals surface area (Å²) in [5.74, 6) is -0.922. The van der Waals surface area contributed by atoms with E-state index in [0.29, 0.717) is 0 Å². The van der Waals surface area contributed by atoms with Crippen LogP contribution in [0.2, 0.25) is 0 Å². The molecule has 0 saturated heterocycles. The van der Waals surface area contributed by atoms with Crippen LogP contribution in [0.3, 0.4) is 0 Å². The highest BCUT2D eigenvalue weighted by atomic mass is 16.5. The van der Waals surface area contributed by atoms with E-state index in [-0.39, 0.29) is 30.3 Å². The average molecular weight is 367 g/mol. The number of anilines is 1. The Labute approximate surface area is 161 Å². The van der Waals surface area contributed by atoms with Gasteiger partial charge in [-0.05, 0) is 43.4 Å². The lowest BCUT2D eigenvalue weighted by Crippen LogP contribution is -2.27. The maximum Gasteiger partial charge on any atom is 0.314 e. The van der Waals surface area contributed by atoms with E-state index in [9.17, 15) is 9.59 Å². The average Bonchev–Trinajstić information content (AvgIpc) is 2.63. The van der Waals surface area contributed by atoms with Crippen molar-refractivity contribution in [3.8, 4) is 0 Å². The van der Waals surface area contributed by atoms with E-state index in [1.165, 1.54) is 0 Å². The molecule has 2 aromatic carbocycles. The third kappa shape index (κ3) is 5.43. The van der Waals surface area contributed by atoms with Gasteiger partial charge in [-0.2, -0.15) is 0 Å². The van der Waals surface area contributed by atoms with E-state index >= 15 is 0 Å². The van der Waals surface area contributed by atoms with Crippen LogP contribution < -0.4 is 5.32 Å². The van der Waals surface area contributed by atoms with E-state index in [4.69, 9.17) is 4.74 Å². The lowest BCUT2D eigenvalue weighted by atomic mass is 9.86. The Morgan fingerprint density at radius 2 is 1.63 bits per heavy atom. The fourth-order valence-electron chi connectivity index (χ4n) is 3.37. The number of rotatable bonds is 7. The molecule has 0 saturated carbocycles. The van der Waals surface area contributed by atoms with Gasteiger partial charge >= 0.3 is 5.97 Å². The summed E-state index contributed by atoms with van der Waals surface area (Å²) in [7, 11) is 0. The summed E-state index contributed by atoms with van der Waals surface area (Å²) in [5, 5.41) is 2.87. The van der Waals surface area contributed by atoms with E-state index in [0.717, 1.165) is 34.4 Å². The van der Waals surface area contributed by atoms with Crippen molar-refractivity contribution in [1.29, 1.82) is 0 Å². The van der Waals surface area contributed by atoms with Crippen molar-refractivity contribution in [2.75, 3.05) is 11.9 Å². The predicted molar refractivity (Wildman–Crippen MR) is 109 cm³/mol. The Kier molecular flexibility index (Phi) is 7.17. The number of carbonyl (C=O) groups excluding carboxylic acids is 2. The molecule has 27 heavy (non-hydrogen) atoms. The second-order valence-corrected chi connectivity index (χ2v) is 7.20. The molecule has 0 aromatic heterocycles. The van der Waals surface area contributed by atoms with Gasteiger partial charge in [-0.1, -0.05) is 68.3 Å². The molecule has 2 rings (SSSR count). The van der Waals surface area contributed by atoms with Gasteiger partial charge in [0.15, 0.2) is 6.61 Å². The van der Waals surface area contributed by atoms with Crippen LogP contribution in [0.5, 0.6) is 0 Å². The summed E-state index contributed by atoms with van der Waals surface area (Å²) in [4.78, 5) is 25.0. The molecule has 1 amide bonds. The lowest BCUT2D eigenvalue weighted by Gasteiger charge is -2.22. The van der Waals surface area contributed by atoms with Crippen molar-refractivity contribution in [3.63, 3.8) is 0 Å². The number of nitrogens with one attached hydrogen (secondary N) is 1. The second-order valence-electron chi connectivity index (χ2n) is 7.20. The van der Waals surface area contributed by atoms with Crippen LogP contribution in [-0.4, -0.2) is 18.5 Å². The van der Waals surface area contributed by atoms with E-state index in [1.807, 2.05) is 77.1 Å². The molecule has 0 unspecified atom stereocenters. The minimum Gasteiger partial charge on any atom is -0.455 e. The molecule has 0 aliphatic carbocycles. The molecule has 0 aliphatic heterocycles. The maximum atomic E-state index is 12.7. The maximum absolute atomic E-state index is 12.7. The molecular formula is C23H29NO3. The highest BCUT2D eigenvalue weighted by Gasteiger charge is 2.27. The summed E-state index contributed by atoms with van der Waals surface area (Å²) in [6.07, 6.45) is 0.850. The van der Waals surface area contributed by atoms with Crippen molar-refractivity contribution >= 4 is 17.6 Å². The fourth-order valence-corrected chi connectivity index (χ4v) is 3.37. The summed E-state index contributed by atoms with van der Waals surface area (Å²) in [6, 6.07) is 13.6. The summed E-state index contributed by atoms with van der Waals surface area (Å²) in [5.41, 5.74) is 4.84. The smallest absolute Gasteiger partial charge is 0.314 e. The highest BCUT2D eigenvalue weighted by molar-refractivity contribution is 5.94. The van der Waals surface area contributed by atoms with Gasteiger partial charge in [0.05, 0.1) is 5.92 Å². The standard InChI is InChI=1S/C23H29NO3/c1-6-16(3)21(19-10-8-7-9-11-19)23(26)27-14-20(25)24-22-17(4)12-15(2)13-18(22)5/h7-13,16,21H,6,14H2,1-5H3,(H,24,25)/t16-,21-/m1/s1. The molecule has 0 bridgehead atoms. The number of benzene rings is 2. The molecule has 4 heteroatoms. The molecule has 0 radical (unpaired) electrons. The number of aryl methyl sites for hydroxylation is 3. The number of carbonyl (C=O) groups is 2. The zero-order chi connectivity index (χ0) is 20.0. The van der Waals surface area contributed by atoms with Gasteiger partial charge in [-0.25, -0.2) is 0 Å². The molecule has 2 aromatic rings. The number of esters is 1. The van der Waals surface area contributed by atoms with Crippen molar-refractivity contribution in [1.82, 2.24) is 0 Å². The number of amides is 1. The van der Waals surface area contributed by atoms with Gasteiger partial charge < -0.3 is 10.1 Å². The van der Waals surface area contributed by atoms with Crippen LogP contribution in [0.25, 0.3) is 0 Å². The van der Waals surface area contributed by atoms with Crippen LogP contribution in [0.15, 0.2) is 42.5 Å². The largest absolute Gasteiger partial charge is 0.455 e. The van der Waals surface area contributed by atoms with Gasteiger partial charge in [-0.15, -0.1) is 0 Å².